The Bertz CT molecular complexity index is 1020. The van der Waals surface area contributed by atoms with Gasteiger partial charge >= 0.3 is 0 Å². The molecule has 3 unspecified atom stereocenters. The first-order valence-electron chi connectivity index (χ1n) is 9.70. The molecule has 3 aromatic carbocycles. The lowest BCUT2D eigenvalue weighted by Crippen LogP contribution is -2.54. The Balaban J connectivity index is 1.57. The minimum atomic E-state index is -0.266. The summed E-state index contributed by atoms with van der Waals surface area (Å²) in [6.45, 7) is 0.665. The van der Waals surface area contributed by atoms with Gasteiger partial charge in [0, 0.05) is 23.8 Å². The Morgan fingerprint density at radius 1 is 0.897 bits per heavy atom. The van der Waals surface area contributed by atoms with Crippen LogP contribution in [-0.2, 0) is 0 Å². The number of benzene rings is 3. The third kappa shape index (κ3) is 3.16. The number of anilines is 2. The molecular formula is C23H21FN4O. The monoisotopic (exact) mass is 388 g/mol. The zero-order chi connectivity index (χ0) is 19.8. The van der Waals surface area contributed by atoms with Crippen molar-refractivity contribution < 1.29 is 9.18 Å². The summed E-state index contributed by atoms with van der Waals surface area (Å²) < 4.78 is 13.4. The van der Waals surface area contributed by atoms with Gasteiger partial charge in [-0.25, -0.2) is 9.82 Å². The number of hydrogen-bond donors (Lipinski definition) is 3. The second-order valence-corrected chi connectivity index (χ2v) is 7.36. The highest BCUT2D eigenvalue weighted by molar-refractivity contribution is 6.12. The highest BCUT2D eigenvalue weighted by Crippen LogP contribution is 2.37. The van der Waals surface area contributed by atoms with Gasteiger partial charge in [0.15, 0.2) is 0 Å². The molecule has 3 aromatic rings. The van der Waals surface area contributed by atoms with E-state index in [1.54, 1.807) is 12.1 Å². The normalized spacial score (nSPS) is 23.6. The third-order valence-electron chi connectivity index (χ3n) is 5.65. The molecule has 1 fully saturated rings. The number of hydrogen-bond acceptors (Lipinski definition) is 4. The number of rotatable bonds is 3. The predicted octanol–water partition coefficient (Wildman–Crippen LogP) is 3.69. The number of carbonyl (C=O) groups is 1. The number of nitrogens with one attached hydrogen (secondary N) is 3. The molecule has 0 saturated carbocycles. The molecule has 0 aliphatic carbocycles. The molecule has 2 heterocycles. The van der Waals surface area contributed by atoms with Crippen LogP contribution in [0.4, 0.5) is 15.8 Å². The zero-order valence-corrected chi connectivity index (χ0v) is 15.7. The molecular weight excluding hydrogens is 367 g/mol. The first-order chi connectivity index (χ1) is 14.2. The number of fused-ring (bicyclic) bond motifs is 1. The maximum Gasteiger partial charge on any atom is 0.262 e. The number of carbonyl (C=O) groups excluding carboxylic acids is 1. The van der Waals surface area contributed by atoms with Crippen LogP contribution in [0.1, 0.15) is 22.0 Å². The van der Waals surface area contributed by atoms with Gasteiger partial charge in [-0.1, -0.05) is 42.5 Å². The van der Waals surface area contributed by atoms with Crippen LogP contribution in [0.2, 0.25) is 0 Å². The summed E-state index contributed by atoms with van der Waals surface area (Å²) in [5, 5.41) is 3.58. The maximum atomic E-state index is 13.5. The molecule has 0 radical (unpaired) electrons. The van der Waals surface area contributed by atoms with Crippen molar-refractivity contribution in [3.05, 3.63) is 95.8 Å². The Morgan fingerprint density at radius 3 is 2.41 bits per heavy atom. The highest BCUT2D eigenvalue weighted by Gasteiger charge is 2.43. The van der Waals surface area contributed by atoms with Gasteiger partial charge in [0.2, 0.25) is 0 Å². The van der Waals surface area contributed by atoms with Crippen molar-refractivity contribution in [2.45, 2.75) is 12.2 Å². The third-order valence-corrected chi connectivity index (χ3v) is 5.65. The van der Waals surface area contributed by atoms with Crippen LogP contribution < -0.4 is 21.1 Å². The highest BCUT2D eigenvalue weighted by atomic mass is 19.1. The number of hydrazine groups is 1. The number of amides is 1. The molecule has 0 bridgehead atoms. The summed E-state index contributed by atoms with van der Waals surface area (Å²) in [7, 11) is 0. The number of nitrogens with zero attached hydrogens (tertiary/aromatic N) is 1. The summed E-state index contributed by atoms with van der Waals surface area (Å²) in [5.41, 5.74) is 9.83. The molecule has 29 heavy (non-hydrogen) atoms. The first-order valence-corrected chi connectivity index (χ1v) is 9.70. The van der Waals surface area contributed by atoms with Crippen LogP contribution in [0, 0.1) is 11.7 Å². The van der Waals surface area contributed by atoms with E-state index in [1.165, 1.54) is 12.1 Å². The number of halogens is 1. The quantitative estimate of drug-likeness (QED) is 0.641. The molecule has 3 atom stereocenters. The lowest BCUT2D eigenvalue weighted by molar-refractivity contribution is 0.0965. The van der Waals surface area contributed by atoms with Gasteiger partial charge in [0.05, 0.1) is 11.6 Å². The maximum absolute atomic E-state index is 13.5. The Morgan fingerprint density at radius 2 is 1.62 bits per heavy atom. The average molecular weight is 388 g/mol. The molecule has 1 amide bonds. The fourth-order valence-electron chi connectivity index (χ4n) is 4.25. The van der Waals surface area contributed by atoms with Crippen LogP contribution in [0.5, 0.6) is 0 Å². The summed E-state index contributed by atoms with van der Waals surface area (Å²) in [6, 6.07) is 23.7. The summed E-state index contributed by atoms with van der Waals surface area (Å²) in [6.07, 6.45) is -0.266. The second-order valence-electron chi connectivity index (χ2n) is 7.36. The minimum Gasteiger partial charge on any atom is -0.364 e. The van der Waals surface area contributed by atoms with E-state index in [1.807, 2.05) is 59.5 Å². The first kappa shape index (κ1) is 17.8. The Labute approximate surface area is 168 Å². The van der Waals surface area contributed by atoms with Gasteiger partial charge in [-0.2, -0.15) is 0 Å². The van der Waals surface area contributed by atoms with Crippen molar-refractivity contribution in [3.63, 3.8) is 0 Å². The van der Waals surface area contributed by atoms with Crippen molar-refractivity contribution in [1.29, 1.82) is 0 Å². The molecule has 1 saturated heterocycles. The molecule has 6 heteroatoms. The fraction of sp³-hybridized carbons (Fsp3) is 0.174. The minimum absolute atomic E-state index is 0.0259. The van der Waals surface area contributed by atoms with E-state index in [2.05, 4.69) is 16.2 Å². The van der Waals surface area contributed by atoms with Crippen LogP contribution >= 0.6 is 0 Å². The standard InChI is InChI=1S/C23H21FN4O/c24-16-12-10-15(11-13-16)21-19(14-25-27-21)22-26-20-9-5-4-8-18(20)23(29)28(22)17-6-2-1-3-7-17/h1-13,19,21-22,25-27H,14H2. The molecule has 3 N–H and O–H groups in total. The van der Waals surface area contributed by atoms with Crippen molar-refractivity contribution in [2.75, 3.05) is 16.8 Å². The van der Waals surface area contributed by atoms with Gasteiger partial charge in [-0.05, 0) is 42.0 Å². The van der Waals surface area contributed by atoms with E-state index in [0.717, 1.165) is 16.9 Å². The van der Waals surface area contributed by atoms with E-state index in [4.69, 9.17) is 0 Å². The Hall–Kier alpha value is -3.22. The van der Waals surface area contributed by atoms with Crippen molar-refractivity contribution >= 4 is 17.3 Å². The molecule has 0 spiro atoms. The lowest BCUT2D eigenvalue weighted by Gasteiger charge is -2.42. The van der Waals surface area contributed by atoms with Crippen LogP contribution in [-0.4, -0.2) is 18.6 Å². The summed E-state index contributed by atoms with van der Waals surface area (Å²) in [5.74, 6) is -0.264. The SMILES string of the molecule is O=C1c2ccccc2NC(C2CNNC2c2ccc(F)cc2)N1c1ccccc1. The van der Waals surface area contributed by atoms with Crippen LogP contribution in [0.3, 0.4) is 0 Å². The summed E-state index contributed by atoms with van der Waals surface area (Å²) in [4.78, 5) is 15.3. The fourth-order valence-corrected chi connectivity index (χ4v) is 4.25. The van der Waals surface area contributed by atoms with Crippen molar-refractivity contribution in [1.82, 2.24) is 10.9 Å². The summed E-state index contributed by atoms with van der Waals surface area (Å²) >= 11 is 0. The van der Waals surface area contributed by atoms with Gasteiger partial charge in [0.1, 0.15) is 12.0 Å². The zero-order valence-electron chi connectivity index (χ0n) is 15.7. The van der Waals surface area contributed by atoms with E-state index in [0.29, 0.717) is 12.1 Å². The lowest BCUT2D eigenvalue weighted by atomic mass is 9.89. The molecule has 5 nitrogen and oxygen atoms in total. The van der Waals surface area contributed by atoms with E-state index >= 15 is 0 Å². The molecule has 5 rings (SSSR count). The van der Waals surface area contributed by atoms with E-state index < -0.39 is 0 Å². The van der Waals surface area contributed by atoms with Gasteiger partial charge in [-0.3, -0.25) is 15.1 Å². The second kappa shape index (κ2) is 7.31. The molecule has 146 valence electrons. The van der Waals surface area contributed by atoms with Crippen LogP contribution in [0.25, 0.3) is 0 Å². The average Bonchev–Trinajstić information content (AvgIpc) is 3.24. The molecule has 2 aliphatic heterocycles. The molecule has 0 aromatic heterocycles. The van der Waals surface area contributed by atoms with Crippen molar-refractivity contribution in [3.8, 4) is 0 Å². The van der Waals surface area contributed by atoms with E-state index in [9.17, 15) is 9.18 Å². The smallest absolute Gasteiger partial charge is 0.262 e. The van der Waals surface area contributed by atoms with Gasteiger partial charge < -0.3 is 5.32 Å². The van der Waals surface area contributed by atoms with E-state index in [-0.39, 0.29) is 29.8 Å². The number of para-hydroxylation sites is 2. The topological polar surface area (TPSA) is 56.4 Å². The van der Waals surface area contributed by atoms with Gasteiger partial charge in [0.25, 0.3) is 5.91 Å². The van der Waals surface area contributed by atoms with Gasteiger partial charge in [-0.15, -0.1) is 0 Å². The van der Waals surface area contributed by atoms with Crippen molar-refractivity contribution in [2.24, 2.45) is 5.92 Å². The molecule has 2 aliphatic rings. The van der Waals surface area contributed by atoms with Crippen LogP contribution in [0.15, 0.2) is 78.9 Å². The largest absolute Gasteiger partial charge is 0.364 e. The Kier molecular flexibility index (Phi) is 4.50. The predicted molar refractivity (Wildman–Crippen MR) is 111 cm³/mol.